The van der Waals surface area contributed by atoms with Crippen LogP contribution in [0.2, 0.25) is 5.02 Å². The summed E-state index contributed by atoms with van der Waals surface area (Å²) in [6, 6.07) is 17.4. The fourth-order valence-electron chi connectivity index (χ4n) is 3.10. The molecule has 0 radical (unpaired) electrons. The number of methoxy groups -OCH3 is 1. The summed E-state index contributed by atoms with van der Waals surface area (Å²) in [5, 5.41) is 6.14. The molecule has 0 aliphatic rings. The third kappa shape index (κ3) is 5.80. The van der Waals surface area contributed by atoms with Crippen LogP contribution in [0.25, 0.3) is 0 Å². The highest BCUT2D eigenvalue weighted by Crippen LogP contribution is 2.28. The van der Waals surface area contributed by atoms with E-state index in [1.165, 1.54) is 7.11 Å². The second-order valence-corrected chi connectivity index (χ2v) is 7.83. The number of anilines is 2. The zero-order valence-electron chi connectivity index (χ0n) is 18.4. The van der Waals surface area contributed by atoms with E-state index < -0.39 is 6.10 Å². The van der Waals surface area contributed by atoms with Crippen LogP contribution < -0.4 is 20.1 Å². The van der Waals surface area contributed by atoms with Crippen molar-refractivity contribution in [1.29, 1.82) is 0 Å². The van der Waals surface area contributed by atoms with Crippen LogP contribution in [-0.2, 0) is 4.79 Å². The zero-order valence-corrected chi connectivity index (χ0v) is 19.1. The molecule has 0 bridgehead atoms. The molecular weight excluding hydrogens is 428 g/mol. The molecule has 0 aliphatic heterocycles. The van der Waals surface area contributed by atoms with Gasteiger partial charge in [-0.2, -0.15) is 0 Å². The normalized spacial score (nSPS) is 11.4. The largest absolute Gasteiger partial charge is 0.495 e. The quantitative estimate of drug-likeness (QED) is 0.487. The van der Waals surface area contributed by atoms with Crippen LogP contribution in [0, 0.1) is 13.8 Å². The molecule has 0 aromatic heterocycles. The highest BCUT2D eigenvalue weighted by molar-refractivity contribution is 6.31. The van der Waals surface area contributed by atoms with Crippen LogP contribution >= 0.6 is 11.6 Å². The Balaban J connectivity index is 1.61. The number of hydrogen-bond donors (Lipinski definition) is 2. The molecular formula is C25H25ClN2O4. The van der Waals surface area contributed by atoms with Gasteiger partial charge in [-0.1, -0.05) is 29.3 Å². The summed E-state index contributed by atoms with van der Waals surface area (Å²) in [6.07, 6.45) is -0.784. The first-order valence-electron chi connectivity index (χ1n) is 10.1. The average Bonchev–Trinajstić information content (AvgIpc) is 2.76. The molecule has 0 saturated heterocycles. The van der Waals surface area contributed by atoms with Crippen molar-refractivity contribution in [2.24, 2.45) is 0 Å². The van der Waals surface area contributed by atoms with Crippen molar-refractivity contribution in [2.75, 3.05) is 17.7 Å². The lowest BCUT2D eigenvalue weighted by molar-refractivity contribution is -0.122. The maximum atomic E-state index is 12.5. The van der Waals surface area contributed by atoms with Gasteiger partial charge in [0.15, 0.2) is 6.10 Å². The zero-order chi connectivity index (χ0) is 23.3. The third-order valence-corrected chi connectivity index (χ3v) is 5.08. The number of carbonyl (C=O) groups excluding carboxylic acids is 2. The Kier molecular flexibility index (Phi) is 7.38. The molecule has 0 fully saturated rings. The van der Waals surface area contributed by atoms with Crippen molar-refractivity contribution in [1.82, 2.24) is 0 Å². The minimum Gasteiger partial charge on any atom is -0.495 e. The summed E-state index contributed by atoms with van der Waals surface area (Å²) in [5.74, 6) is 0.382. The number of amides is 2. The summed E-state index contributed by atoms with van der Waals surface area (Å²) in [6.45, 7) is 5.59. The molecule has 7 heteroatoms. The lowest BCUT2D eigenvalue weighted by Gasteiger charge is -2.16. The SMILES string of the molecule is COc1ccc(Cl)cc1NC(=O)C(C)Oc1ccc(C(=O)Nc2ccc(C)cc2C)cc1. The highest BCUT2D eigenvalue weighted by Gasteiger charge is 2.17. The summed E-state index contributed by atoms with van der Waals surface area (Å²) in [7, 11) is 1.51. The predicted molar refractivity (Wildman–Crippen MR) is 127 cm³/mol. The van der Waals surface area contributed by atoms with Crippen molar-refractivity contribution in [3.63, 3.8) is 0 Å². The number of carbonyl (C=O) groups is 2. The third-order valence-electron chi connectivity index (χ3n) is 4.85. The van der Waals surface area contributed by atoms with Gasteiger partial charge in [-0.25, -0.2) is 0 Å². The maximum absolute atomic E-state index is 12.5. The molecule has 0 aliphatic carbocycles. The summed E-state index contributed by atoms with van der Waals surface area (Å²) in [4.78, 5) is 25.1. The van der Waals surface area contributed by atoms with E-state index in [2.05, 4.69) is 10.6 Å². The van der Waals surface area contributed by atoms with E-state index in [4.69, 9.17) is 21.1 Å². The van der Waals surface area contributed by atoms with Crippen LogP contribution in [-0.4, -0.2) is 25.0 Å². The average molecular weight is 453 g/mol. The first-order chi connectivity index (χ1) is 15.3. The fourth-order valence-corrected chi connectivity index (χ4v) is 3.28. The predicted octanol–water partition coefficient (Wildman–Crippen LogP) is 5.62. The Morgan fingerprint density at radius 3 is 2.28 bits per heavy atom. The highest BCUT2D eigenvalue weighted by atomic mass is 35.5. The van der Waals surface area contributed by atoms with Gasteiger partial charge in [0.05, 0.1) is 12.8 Å². The Labute approximate surface area is 192 Å². The number of nitrogens with one attached hydrogen (secondary N) is 2. The Morgan fingerprint density at radius 2 is 1.62 bits per heavy atom. The number of halogens is 1. The summed E-state index contributed by atoms with van der Waals surface area (Å²) < 4.78 is 11.0. The lowest BCUT2D eigenvalue weighted by atomic mass is 10.1. The molecule has 1 unspecified atom stereocenters. The first kappa shape index (κ1) is 23.2. The van der Waals surface area contributed by atoms with E-state index >= 15 is 0 Å². The number of aryl methyl sites for hydroxylation is 2. The molecule has 3 aromatic carbocycles. The Hall–Kier alpha value is -3.51. The Bertz CT molecular complexity index is 1130. The van der Waals surface area contributed by atoms with Crippen LogP contribution in [0.5, 0.6) is 11.5 Å². The second kappa shape index (κ2) is 10.2. The molecule has 2 N–H and O–H groups in total. The van der Waals surface area contributed by atoms with Gasteiger partial charge >= 0.3 is 0 Å². The second-order valence-electron chi connectivity index (χ2n) is 7.39. The monoisotopic (exact) mass is 452 g/mol. The van der Waals surface area contributed by atoms with Gasteiger partial charge in [0.25, 0.3) is 11.8 Å². The lowest BCUT2D eigenvalue weighted by Crippen LogP contribution is -2.30. The van der Waals surface area contributed by atoms with Gasteiger partial charge in [-0.05, 0) is 74.9 Å². The van der Waals surface area contributed by atoms with Crippen LogP contribution in [0.1, 0.15) is 28.4 Å². The smallest absolute Gasteiger partial charge is 0.265 e. The van der Waals surface area contributed by atoms with E-state index in [1.54, 1.807) is 49.4 Å². The molecule has 2 amide bonds. The van der Waals surface area contributed by atoms with Gasteiger partial charge < -0.3 is 20.1 Å². The van der Waals surface area contributed by atoms with Gasteiger partial charge in [0, 0.05) is 16.3 Å². The van der Waals surface area contributed by atoms with Crippen molar-refractivity contribution in [3.8, 4) is 11.5 Å². The van der Waals surface area contributed by atoms with Crippen molar-refractivity contribution in [3.05, 3.63) is 82.4 Å². The summed E-state index contributed by atoms with van der Waals surface area (Å²) in [5.41, 5.74) is 3.84. The molecule has 1 atom stereocenters. The van der Waals surface area contributed by atoms with Gasteiger partial charge in [-0.15, -0.1) is 0 Å². The molecule has 32 heavy (non-hydrogen) atoms. The number of hydrogen-bond acceptors (Lipinski definition) is 4. The fraction of sp³-hybridized carbons (Fsp3) is 0.200. The van der Waals surface area contributed by atoms with Crippen molar-refractivity contribution >= 4 is 34.8 Å². The van der Waals surface area contributed by atoms with Crippen molar-refractivity contribution < 1.29 is 19.1 Å². The molecule has 0 heterocycles. The van der Waals surface area contributed by atoms with Crippen LogP contribution in [0.4, 0.5) is 11.4 Å². The van der Waals surface area contributed by atoms with E-state index in [1.807, 2.05) is 32.0 Å². The van der Waals surface area contributed by atoms with E-state index in [0.717, 1.165) is 16.8 Å². The Morgan fingerprint density at radius 1 is 0.906 bits per heavy atom. The minimum absolute atomic E-state index is 0.220. The number of rotatable bonds is 7. The molecule has 3 aromatic rings. The maximum Gasteiger partial charge on any atom is 0.265 e. The van der Waals surface area contributed by atoms with Crippen LogP contribution in [0.15, 0.2) is 60.7 Å². The van der Waals surface area contributed by atoms with Crippen molar-refractivity contribution in [2.45, 2.75) is 26.9 Å². The molecule has 0 saturated carbocycles. The standard InChI is InChI=1S/C25H25ClN2O4/c1-15-5-11-21(16(2)13-15)27-25(30)18-6-9-20(10-7-18)32-17(3)24(29)28-22-14-19(26)8-12-23(22)31-4/h5-14,17H,1-4H3,(H,27,30)(H,28,29). The van der Waals surface area contributed by atoms with Gasteiger partial charge in [0.1, 0.15) is 11.5 Å². The van der Waals surface area contributed by atoms with E-state index in [0.29, 0.717) is 27.8 Å². The first-order valence-corrected chi connectivity index (χ1v) is 10.4. The number of ether oxygens (including phenoxy) is 2. The van der Waals surface area contributed by atoms with Gasteiger partial charge in [-0.3, -0.25) is 9.59 Å². The molecule has 6 nitrogen and oxygen atoms in total. The van der Waals surface area contributed by atoms with E-state index in [9.17, 15) is 9.59 Å². The molecule has 166 valence electrons. The number of benzene rings is 3. The minimum atomic E-state index is -0.784. The van der Waals surface area contributed by atoms with Crippen LogP contribution in [0.3, 0.4) is 0 Å². The topological polar surface area (TPSA) is 76.7 Å². The summed E-state index contributed by atoms with van der Waals surface area (Å²) >= 11 is 6.00. The van der Waals surface area contributed by atoms with Gasteiger partial charge in [0.2, 0.25) is 0 Å². The molecule has 0 spiro atoms. The molecule has 3 rings (SSSR count). The van der Waals surface area contributed by atoms with E-state index in [-0.39, 0.29) is 11.8 Å².